The van der Waals surface area contributed by atoms with Gasteiger partial charge in [-0.25, -0.2) is 0 Å². The molecule has 5 aliphatic rings. The Morgan fingerprint density at radius 1 is 1.10 bits per heavy atom. The van der Waals surface area contributed by atoms with Crippen LogP contribution >= 0.6 is 0 Å². The van der Waals surface area contributed by atoms with Crippen molar-refractivity contribution in [3.63, 3.8) is 0 Å². The van der Waals surface area contributed by atoms with Crippen molar-refractivity contribution in [1.82, 2.24) is 0 Å². The van der Waals surface area contributed by atoms with Gasteiger partial charge in [-0.1, -0.05) is 26.3 Å². The molecule has 1 heterocycles. The highest BCUT2D eigenvalue weighted by Gasteiger charge is 2.75. The smallest absolute Gasteiger partial charge is 0.167 e. The zero-order valence-corrected chi connectivity index (χ0v) is 18.7. The maximum Gasteiger partial charge on any atom is 0.167 e. The molecule has 0 aromatic carbocycles. The molecule has 29 heavy (non-hydrogen) atoms. The first-order chi connectivity index (χ1) is 13.6. The molecule has 5 rings (SSSR count). The zero-order valence-electron chi connectivity index (χ0n) is 18.7. The van der Waals surface area contributed by atoms with Crippen molar-refractivity contribution < 1.29 is 19.1 Å². The van der Waals surface area contributed by atoms with Gasteiger partial charge < -0.3 is 9.47 Å². The van der Waals surface area contributed by atoms with E-state index in [4.69, 9.17) is 9.47 Å². The van der Waals surface area contributed by atoms with E-state index in [1.54, 1.807) is 0 Å². The third-order valence-electron chi connectivity index (χ3n) is 9.69. The molecule has 0 N–H and O–H groups in total. The minimum Gasteiger partial charge on any atom is -0.344 e. The lowest BCUT2D eigenvalue weighted by atomic mass is 9.46. The summed E-state index contributed by atoms with van der Waals surface area (Å²) in [5, 5.41) is 0. The monoisotopic (exact) mass is 400 g/mol. The second kappa shape index (κ2) is 6.03. The number of ketones is 2. The molecule has 3 saturated carbocycles. The topological polar surface area (TPSA) is 52.6 Å². The summed E-state index contributed by atoms with van der Waals surface area (Å²) in [5.41, 5.74) is 0.589. The summed E-state index contributed by atoms with van der Waals surface area (Å²) >= 11 is 0. The summed E-state index contributed by atoms with van der Waals surface area (Å²) in [7, 11) is 0. The second-order valence-corrected chi connectivity index (χ2v) is 11.3. The van der Waals surface area contributed by atoms with Crippen LogP contribution in [0.15, 0.2) is 11.6 Å². The molecule has 0 aromatic rings. The molecule has 0 amide bonds. The minimum atomic E-state index is -0.791. The summed E-state index contributed by atoms with van der Waals surface area (Å²) in [5.74, 6) is 1.49. The summed E-state index contributed by atoms with van der Waals surface area (Å²) in [4.78, 5) is 25.5. The normalized spacial score (nSPS) is 50.2. The Labute approximate surface area is 174 Å². The van der Waals surface area contributed by atoms with E-state index in [9.17, 15) is 9.59 Å². The molecule has 160 valence electrons. The van der Waals surface area contributed by atoms with E-state index in [0.717, 1.165) is 38.5 Å². The number of rotatable bonds is 2. The standard InChI is InChI=1S/C25H36O4/c1-6-20(27)25-21(28-22(2,3)29-25)14-19-17-8-7-15-13-16(26)9-11-23(15,4)18(17)10-12-24(19,25)5/h13,17-19,21H,6-12,14H2,1-5H3/t17-,18-,19+,21+,23-,24-,25+/m0/s1. The van der Waals surface area contributed by atoms with Crippen LogP contribution in [0.25, 0.3) is 0 Å². The number of fused-ring (bicyclic) bond motifs is 7. The Hall–Kier alpha value is -1.00. The van der Waals surface area contributed by atoms with Gasteiger partial charge in [0.2, 0.25) is 0 Å². The van der Waals surface area contributed by atoms with Crippen molar-refractivity contribution in [2.24, 2.45) is 28.6 Å². The van der Waals surface area contributed by atoms with Gasteiger partial charge in [-0.2, -0.15) is 0 Å². The molecule has 0 radical (unpaired) electrons. The molecule has 7 atom stereocenters. The van der Waals surface area contributed by atoms with Crippen LogP contribution in [0.1, 0.15) is 86.0 Å². The number of carbonyl (C=O) groups excluding carboxylic acids is 2. The minimum absolute atomic E-state index is 0.128. The van der Waals surface area contributed by atoms with Crippen LogP contribution < -0.4 is 0 Å². The predicted molar refractivity (Wildman–Crippen MR) is 110 cm³/mol. The molecule has 1 saturated heterocycles. The highest BCUT2D eigenvalue weighted by molar-refractivity contribution is 5.92. The Kier molecular flexibility index (Phi) is 4.15. The maximum atomic E-state index is 13.4. The Bertz CT molecular complexity index is 797. The van der Waals surface area contributed by atoms with Gasteiger partial charge in [0.15, 0.2) is 23.0 Å². The Morgan fingerprint density at radius 3 is 2.59 bits per heavy atom. The van der Waals surface area contributed by atoms with Gasteiger partial charge in [-0.15, -0.1) is 0 Å². The zero-order chi connectivity index (χ0) is 20.8. The van der Waals surface area contributed by atoms with E-state index < -0.39 is 11.4 Å². The quantitative estimate of drug-likeness (QED) is 0.655. The summed E-state index contributed by atoms with van der Waals surface area (Å²) in [6.45, 7) is 10.6. The largest absolute Gasteiger partial charge is 0.344 e. The van der Waals surface area contributed by atoms with E-state index in [1.165, 1.54) is 5.57 Å². The van der Waals surface area contributed by atoms with Crippen molar-refractivity contribution in [3.05, 3.63) is 11.6 Å². The molecule has 4 nitrogen and oxygen atoms in total. The SMILES string of the molecule is CCC(=O)[C@@]12OC(C)(C)O[C@@H]1C[C@@H]1[C@H]3CCC4=CC(=O)CC[C@]4(C)[C@H]3CC[C@@]12C. The predicted octanol–water partition coefficient (Wildman–Crippen LogP) is 5.00. The lowest BCUT2D eigenvalue weighted by Crippen LogP contribution is -2.60. The summed E-state index contributed by atoms with van der Waals surface area (Å²) in [6, 6.07) is 0. The van der Waals surface area contributed by atoms with E-state index in [0.29, 0.717) is 36.4 Å². The molecule has 4 aliphatic carbocycles. The van der Waals surface area contributed by atoms with Crippen LogP contribution in [0.4, 0.5) is 0 Å². The molecule has 0 unspecified atom stereocenters. The van der Waals surface area contributed by atoms with Gasteiger partial charge in [0.1, 0.15) is 0 Å². The Morgan fingerprint density at radius 2 is 1.86 bits per heavy atom. The highest BCUT2D eigenvalue weighted by Crippen LogP contribution is 2.70. The van der Waals surface area contributed by atoms with Crippen LogP contribution in [-0.4, -0.2) is 29.1 Å². The van der Waals surface area contributed by atoms with Crippen LogP contribution in [-0.2, 0) is 19.1 Å². The van der Waals surface area contributed by atoms with Crippen molar-refractivity contribution >= 4 is 11.6 Å². The van der Waals surface area contributed by atoms with Crippen LogP contribution in [0, 0.1) is 28.6 Å². The molecule has 4 fully saturated rings. The third-order valence-corrected chi connectivity index (χ3v) is 9.69. The average Bonchev–Trinajstić information content (AvgIpc) is 3.07. The Balaban J connectivity index is 1.54. The van der Waals surface area contributed by atoms with Gasteiger partial charge in [-0.3, -0.25) is 9.59 Å². The van der Waals surface area contributed by atoms with Gasteiger partial charge in [0.25, 0.3) is 0 Å². The molecular formula is C25H36O4. The number of hydrogen-bond donors (Lipinski definition) is 0. The van der Waals surface area contributed by atoms with E-state index >= 15 is 0 Å². The van der Waals surface area contributed by atoms with Crippen LogP contribution in [0.3, 0.4) is 0 Å². The fraction of sp³-hybridized carbons (Fsp3) is 0.840. The number of allylic oxidation sites excluding steroid dienone is 1. The lowest BCUT2D eigenvalue weighted by molar-refractivity contribution is -0.214. The number of carbonyl (C=O) groups is 2. The van der Waals surface area contributed by atoms with E-state index in [2.05, 4.69) is 13.8 Å². The van der Waals surface area contributed by atoms with Gasteiger partial charge in [0, 0.05) is 18.3 Å². The van der Waals surface area contributed by atoms with E-state index in [1.807, 2.05) is 26.8 Å². The molecule has 0 bridgehead atoms. The molecular weight excluding hydrogens is 364 g/mol. The number of Topliss-reactive ketones (excluding diaryl/α,β-unsaturated/α-hetero) is 1. The molecule has 0 spiro atoms. The molecule has 0 aromatic heterocycles. The first kappa shape index (κ1) is 19.9. The van der Waals surface area contributed by atoms with Crippen molar-refractivity contribution in [1.29, 1.82) is 0 Å². The summed E-state index contributed by atoms with van der Waals surface area (Å²) < 4.78 is 13.0. The molecule has 4 heteroatoms. The van der Waals surface area contributed by atoms with Crippen molar-refractivity contribution in [2.45, 2.75) is 103 Å². The third kappa shape index (κ3) is 2.39. The lowest BCUT2D eigenvalue weighted by Gasteiger charge is -2.59. The maximum absolute atomic E-state index is 13.4. The first-order valence-corrected chi connectivity index (χ1v) is 11.7. The fourth-order valence-corrected chi connectivity index (χ4v) is 8.43. The van der Waals surface area contributed by atoms with Crippen LogP contribution in [0.2, 0.25) is 0 Å². The van der Waals surface area contributed by atoms with Crippen molar-refractivity contribution in [2.75, 3.05) is 0 Å². The summed E-state index contributed by atoms with van der Waals surface area (Å²) in [6.07, 6.45) is 9.24. The highest BCUT2D eigenvalue weighted by atomic mass is 16.8. The van der Waals surface area contributed by atoms with Gasteiger partial charge >= 0.3 is 0 Å². The second-order valence-electron chi connectivity index (χ2n) is 11.3. The number of hydrogen-bond acceptors (Lipinski definition) is 4. The van der Waals surface area contributed by atoms with E-state index in [-0.39, 0.29) is 22.7 Å². The van der Waals surface area contributed by atoms with Crippen LogP contribution in [0.5, 0.6) is 0 Å². The average molecular weight is 401 g/mol. The molecule has 1 aliphatic heterocycles. The first-order valence-electron chi connectivity index (χ1n) is 11.7. The van der Waals surface area contributed by atoms with Gasteiger partial charge in [-0.05, 0) is 81.6 Å². The van der Waals surface area contributed by atoms with Crippen molar-refractivity contribution in [3.8, 4) is 0 Å². The number of ether oxygens (including phenoxy) is 2. The van der Waals surface area contributed by atoms with Gasteiger partial charge in [0.05, 0.1) is 6.10 Å². The fourth-order valence-electron chi connectivity index (χ4n) is 8.43.